The SMILES string of the molecule is Nc1c2c(nc3cccc(OCC(=O)O)c13)CCCCC2. The number of fused-ring (bicyclic) bond motifs is 2. The van der Waals surface area contributed by atoms with Crippen LogP contribution in [0.25, 0.3) is 10.9 Å². The molecule has 0 unspecified atom stereocenters. The summed E-state index contributed by atoms with van der Waals surface area (Å²) in [5.74, 6) is -0.514. The number of aromatic nitrogens is 1. The fourth-order valence-electron chi connectivity index (χ4n) is 2.92. The molecule has 0 atom stereocenters. The normalized spacial score (nSPS) is 14.5. The van der Waals surface area contributed by atoms with E-state index < -0.39 is 5.97 Å². The Bertz CT molecular complexity index is 697. The molecule has 1 aromatic heterocycles. The summed E-state index contributed by atoms with van der Waals surface area (Å²) in [4.78, 5) is 15.4. The Balaban J connectivity index is 2.14. The second-order valence-corrected chi connectivity index (χ2v) is 5.34. The first-order valence-corrected chi connectivity index (χ1v) is 7.21. The molecule has 0 fully saturated rings. The summed E-state index contributed by atoms with van der Waals surface area (Å²) in [6, 6.07) is 5.45. The van der Waals surface area contributed by atoms with Crippen LogP contribution in [0.4, 0.5) is 5.69 Å². The van der Waals surface area contributed by atoms with Crippen LogP contribution in [0.1, 0.15) is 30.5 Å². The lowest BCUT2D eigenvalue weighted by molar-refractivity contribution is -0.139. The molecule has 0 radical (unpaired) electrons. The maximum absolute atomic E-state index is 10.7. The number of nitrogen functional groups attached to an aromatic ring is 1. The molecule has 1 aliphatic rings. The zero-order valence-electron chi connectivity index (χ0n) is 11.8. The molecule has 5 heteroatoms. The Morgan fingerprint density at radius 3 is 2.90 bits per heavy atom. The minimum Gasteiger partial charge on any atom is -0.481 e. The third-order valence-corrected chi connectivity index (χ3v) is 3.89. The van der Waals surface area contributed by atoms with Crippen LogP contribution < -0.4 is 10.5 Å². The lowest BCUT2D eigenvalue weighted by Crippen LogP contribution is -2.10. The Morgan fingerprint density at radius 1 is 1.29 bits per heavy atom. The van der Waals surface area contributed by atoms with Gasteiger partial charge in [-0.2, -0.15) is 0 Å². The van der Waals surface area contributed by atoms with E-state index in [1.807, 2.05) is 12.1 Å². The van der Waals surface area contributed by atoms with Gasteiger partial charge in [-0.15, -0.1) is 0 Å². The average molecular weight is 286 g/mol. The highest BCUT2D eigenvalue weighted by molar-refractivity contribution is 5.97. The topological polar surface area (TPSA) is 85.4 Å². The van der Waals surface area contributed by atoms with Gasteiger partial charge in [0.1, 0.15) is 5.75 Å². The first kappa shape index (κ1) is 13.7. The van der Waals surface area contributed by atoms with E-state index in [2.05, 4.69) is 0 Å². The fraction of sp³-hybridized carbons (Fsp3) is 0.375. The van der Waals surface area contributed by atoms with Gasteiger partial charge in [0.15, 0.2) is 6.61 Å². The van der Waals surface area contributed by atoms with E-state index in [4.69, 9.17) is 20.6 Å². The Kier molecular flexibility index (Phi) is 3.64. The predicted molar refractivity (Wildman–Crippen MR) is 80.5 cm³/mol. The summed E-state index contributed by atoms with van der Waals surface area (Å²) < 4.78 is 5.36. The van der Waals surface area contributed by atoms with Gasteiger partial charge in [-0.25, -0.2) is 4.79 Å². The number of carboxylic acids is 1. The zero-order valence-corrected chi connectivity index (χ0v) is 11.8. The first-order valence-electron chi connectivity index (χ1n) is 7.21. The summed E-state index contributed by atoms with van der Waals surface area (Å²) >= 11 is 0. The highest BCUT2D eigenvalue weighted by atomic mass is 16.5. The van der Waals surface area contributed by atoms with Gasteiger partial charge in [0.2, 0.25) is 0 Å². The number of hydrogen-bond donors (Lipinski definition) is 2. The van der Waals surface area contributed by atoms with Gasteiger partial charge in [-0.3, -0.25) is 4.98 Å². The molecule has 5 nitrogen and oxygen atoms in total. The van der Waals surface area contributed by atoms with Gasteiger partial charge in [-0.05, 0) is 43.4 Å². The second kappa shape index (κ2) is 5.60. The number of pyridine rings is 1. The summed E-state index contributed by atoms with van der Waals surface area (Å²) in [6.07, 6.45) is 5.32. The fourth-order valence-corrected chi connectivity index (χ4v) is 2.92. The van der Waals surface area contributed by atoms with Crippen molar-refractivity contribution in [2.24, 2.45) is 0 Å². The third kappa shape index (κ3) is 2.63. The van der Waals surface area contributed by atoms with Gasteiger partial charge in [-0.1, -0.05) is 12.5 Å². The molecule has 0 bridgehead atoms. The average Bonchev–Trinajstić information content (AvgIpc) is 2.70. The van der Waals surface area contributed by atoms with Crippen molar-refractivity contribution in [3.8, 4) is 5.75 Å². The van der Waals surface area contributed by atoms with Crippen molar-refractivity contribution in [2.75, 3.05) is 12.3 Å². The predicted octanol–water partition coefficient (Wildman–Crippen LogP) is 2.55. The van der Waals surface area contributed by atoms with Crippen LogP contribution in [0.5, 0.6) is 5.75 Å². The maximum atomic E-state index is 10.7. The van der Waals surface area contributed by atoms with Crippen molar-refractivity contribution in [2.45, 2.75) is 32.1 Å². The number of rotatable bonds is 3. The number of hydrogen-bond acceptors (Lipinski definition) is 4. The zero-order chi connectivity index (χ0) is 14.8. The van der Waals surface area contributed by atoms with E-state index in [9.17, 15) is 4.79 Å². The smallest absolute Gasteiger partial charge is 0.341 e. The van der Waals surface area contributed by atoms with E-state index >= 15 is 0 Å². The number of nitrogens with two attached hydrogens (primary N) is 1. The summed E-state index contributed by atoms with van der Waals surface area (Å²) in [6.45, 7) is -0.379. The molecular weight excluding hydrogens is 268 g/mol. The molecule has 110 valence electrons. The van der Waals surface area contributed by atoms with E-state index in [1.165, 1.54) is 6.42 Å². The van der Waals surface area contributed by atoms with Crippen molar-refractivity contribution in [1.29, 1.82) is 0 Å². The van der Waals surface area contributed by atoms with Crippen LogP contribution in [0.2, 0.25) is 0 Å². The van der Waals surface area contributed by atoms with Crippen molar-refractivity contribution in [3.63, 3.8) is 0 Å². The molecule has 1 aromatic carbocycles. The summed E-state index contributed by atoms with van der Waals surface area (Å²) in [7, 11) is 0. The van der Waals surface area contributed by atoms with Gasteiger partial charge >= 0.3 is 5.97 Å². The number of nitrogens with zero attached hydrogens (tertiary/aromatic N) is 1. The van der Waals surface area contributed by atoms with Crippen LogP contribution in [-0.4, -0.2) is 22.7 Å². The largest absolute Gasteiger partial charge is 0.481 e. The van der Waals surface area contributed by atoms with E-state index in [1.54, 1.807) is 6.07 Å². The molecule has 1 aliphatic carbocycles. The minimum atomic E-state index is -1.01. The molecule has 21 heavy (non-hydrogen) atoms. The summed E-state index contributed by atoms with van der Waals surface area (Å²) in [5.41, 5.74) is 10.00. The van der Waals surface area contributed by atoms with Gasteiger partial charge in [0, 0.05) is 11.4 Å². The minimum absolute atomic E-state index is 0.379. The van der Waals surface area contributed by atoms with Crippen LogP contribution >= 0.6 is 0 Å². The van der Waals surface area contributed by atoms with Crippen molar-refractivity contribution < 1.29 is 14.6 Å². The first-order chi connectivity index (χ1) is 10.2. The highest BCUT2D eigenvalue weighted by Gasteiger charge is 2.18. The van der Waals surface area contributed by atoms with Gasteiger partial charge in [0.05, 0.1) is 10.9 Å². The Morgan fingerprint density at radius 2 is 2.10 bits per heavy atom. The highest BCUT2D eigenvalue weighted by Crippen LogP contribution is 2.35. The van der Waals surface area contributed by atoms with E-state index in [0.717, 1.165) is 47.8 Å². The van der Waals surface area contributed by atoms with Crippen LogP contribution in [0.3, 0.4) is 0 Å². The van der Waals surface area contributed by atoms with Crippen molar-refractivity contribution >= 4 is 22.6 Å². The van der Waals surface area contributed by atoms with Gasteiger partial charge < -0.3 is 15.6 Å². The molecule has 2 aromatic rings. The lowest BCUT2D eigenvalue weighted by Gasteiger charge is -2.15. The monoisotopic (exact) mass is 286 g/mol. The molecular formula is C16H18N2O3. The Hall–Kier alpha value is -2.30. The summed E-state index contributed by atoms with van der Waals surface area (Å²) in [5, 5.41) is 9.51. The molecule has 0 aliphatic heterocycles. The quantitative estimate of drug-likeness (QED) is 0.847. The van der Waals surface area contributed by atoms with Crippen molar-refractivity contribution in [3.05, 3.63) is 29.5 Å². The number of aliphatic carboxylic acids is 1. The second-order valence-electron chi connectivity index (χ2n) is 5.34. The van der Waals surface area contributed by atoms with Crippen LogP contribution in [0, 0.1) is 0 Å². The molecule has 3 N–H and O–H groups in total. The van der Waals surface area contributed by atoms with Crippen LogP contribution in [-0.2, 0) is 17.6 Å². The number of anilines is 1. The number of carbonyl (C=O) groups is 1. The molecule has 3 rings (SSSR count). The molecule has 0 amide bonds. The molecule has 0 spiro atoms. The number of benzene rings is 1. The Labute approximate surface area is 122 Å². The number of carboxylic acid groups (broad SMARTS) is 1. The maximum Gasteiger partial charge on any atom is 0.341 e. The standard InChI is InChI=1S/C16H18N2O3/c17-16-10-5-2-1-3-6-11(10)18-12-7-4-8-13(15(12)16)21-9-14(19)20/h4,7-8H,1-3,5-6,9H2,(H2,17,18)(H,19,20). The third-order valence-electron chi connectivity index (χ3n) is 3.89. The number of aryl methyl sites for hydroxylation is 1. The molecule has 1 heterocycles. The molecule has 0 saturated carbocycles. The van der Waals surface area contributed by atoms with Crippen molar-refractivity contribution in [1.82, 2.24) is 4.98 Å². The van der Waals surface area contributed by atoms with E-state index in [-0.39, 0.29) is 6.61 Å². The van der Waals surface area contributed by atoms with Gasteiger partial charge in [0.25, 0.3) is 0 Å². The number of ether oxygens (including phenoxy) is 1. The molecule has 0 saturated heterocycles. The van der Waals surface area contributed by atoms with Crippen LogP contribution in [0.15, 0.2) is 18.2 Å². The van der Waals surface area contributed by atoms with E-state index in [0.29, 0.717) is 11.4 Å². The lowest BCUT2D eigenvalue weighted by atomic mass is 10.0.